The lowest BCUT2D eigenvalue weighted by Gasteiger charge is -2.18. The number of nitrogens with zero attached hydrogens (tertiary/aromatic N) is 1. The fourth-order valence-corrected chi connectivity index (χ4v) is 2.54. The summed E-state index contributed by atoms with van der Waals surface area (Å²) in [5, 5.41) is 6.52. The molecule has 1 atom stereocenters. The SMILES string of the molecule is CCOCc1ccccc1CNC(=NC)NCC(C)Oc1cccc(F)c1.I. The molecule has 0 radical (unpaired) electrons. The van der Waals surface area contributed by atoms with Gasteiger partial charge in [0, 0.05) is 26.3 Å². The molecule has 154 valence electrons. The number of nitrogens with one attached hydrogen (secondary N) is 2. The van der Waals surface area contributed by atoms with Gasteiger partial charge in [-0.15, -0.1) is 24.0 Å². The molecular formula is C21H29FIN3O2. The minimum Gasteiger partial charge on any atom is -0.489 e. The second-order valence-corrected chi connectivity index (χ2v) is 6.10. The van der Waals surface area contributed by atoms with Crippen LogP contribution < -0.4 is 15.4 Å². The number of hydrogen-bond donors (Lipinski definition) is 2. The molecule has 0 saturated carbocycles. The molecule has 0 amide bonds. The summed E-state index contributed by atoms with van der Waals surface area (Å²) in [6.07, 6.45) is -0.143. The molecule has 1 unspecified atom stereocenters. The molecule has 0 aliphatic carbocycles. The monoisotopic (exact) mass is 501 g/mol. The Morgan fingerprint density at radius 3 is 2.54 bits per heavy atom. The van der Waals surface area contributed by atoms with Gasteiger partial charge in [0.15, 0.2) is 5.96 Å². The van der Waals surface area contributed by atoms with E-state index >= 15 is 0 Å². The summed E-state index contributed by atoms with van der Waals surface area (Å²) in [7, 11) is 1.72. The van der Waals surface area contributed by atoms with Crippen molar-refractivity contribution in [2.75, 3.05) is 20.2 Å². The minimum absolute atomic E-state index is 0. The van der Waals surface area contributed by atoms with Crippen molar-refractivity contribution in [3.63, 3.8) is 0 Å². The summed E-state index contributed by atoms with van der Waals surface area (Å²) in [4.78, 5) is 4.24. The van der Waals surface area contributed by atoms with E-state index in [0.29, 0.717) is 38.0 Å². The Kier molecular flexibility index (Phi) is 11.5. The Morgan fingerprint density at radius 1 is 1.11 bits per heavy atom. The van der Waals surface area contributed by atoms with E-state index in [9.17, 15) is 4.39 Å². The summed E-state index contributed by atoms with van der Waals surface area (Å²) in [6.45, 7) is 6.37. The molecule has 0 saturated heterocycles. The van der Waals surface area contributed by atoms with Gasteiger partial charge in [0.25, 0.3) is 0 Å². The highest BCUT2D eigenvalue weighted by atomic mass is 127. The van der Waals surface area contributed by atoms with Gasteiger partial charge in [-0.05, 0) is 37.1 Å². The van der Waals surface area contributed by atoms with Crippen LogP contribution in [0.3, 0.4) is 0 Å². The zero-order valence-corrected chi connectivity index (χ0v) is 18.9. The molecule has 0 fully saturated rings. The molecule has 2 N–H and O–H groups in total. The van der Waals surface area contributed by atoms with Crippen molar-refractivity contribution in [3.8, 4) is 5.75 Å². The predicted octanol–water partition coefficient (Wildman–Crippen LogP) is 4.11. The molecule has 0 heterocycles. The molecule has 2 rings (SSSR count). The average molecular weight is 501 g/mol. The number of aliphatic imine (C=N–C) groups is 1. The third-order valence-corrected chi connectivity index (χ3v) is 3.94. The van der Waals surface area contributed by atoms with E-state index in [4.69, 9.17) is 9.47 Å². The molecule has 2 aromatic rings. The number of rotatable bonds is 9. The highest BCUT2D eigenvalue weighted by Crippen LogP contribution is 2.13. The summed E-state index contributed by atoms with van der Waals surface area (Å²) >= 11 is 0. The highest BCUT2D eigenvalue weighted by molar-refractivity contribution is 14.0. The molecule has 0 bridgehead atoms. The van der Waals surface area contributed by atoms with Crippen LogP contribution in [-0.2, 0) is 17.9 Å². The van der Waals surface area contributed by atoms with Crippen LogP contribution in [0.4, 0.5) is 4.39 Å². The second kappa shape index (κ2) is 13.3. The van der Waals surface area contributed by atoms with Crippen LogP contribution >= 0.6 is 24.0 Å². The maximum Gasteiger partial charge on any atom is 0.191 e. The summed E-state index contributed by atoms with van der Waals surface area (Å²) in [5.74, 6) is 0.879. The lowest BCUT2D eigenvalue weighted by Crippen LogP contribution is -2.41. The fraction of sp³-hybridized carbons (Fsp3) is 0.381. The number of ether oxygens (including phenoxy) is 2. The average Bonchev–Trinajstić information content (AvgIpc) is 2.67. The Bertz CT molecular complexity index is 743. The first-order chi connectivity index (χ1) is 13.1. The first-order valence-corrected chi connectivity index (χ1v) is 9.13. The highest BCUT2D eigenvalue weighted by Gasteiger charge is 2.07. The fourth-order valence-electron chi connectivity index (χ4n) is 2.54. The van der Waals surface area contributed by atoms with Crippen molar-refractivity contribution in [3.05, 3.63) is 65.5 Å². The lowest BCUT2D eigenvalue weighted by molar-refractivity contribution is 0.133. The van der Waals surface area contributed by atoms with Gasteiger partial charge in [-0.2, -0.15) is 0 Å². The molecule has 5 nitrogen and oxygen atoms in total. The molecule has 0 aromatic heterocycles. The first kappa shape index (κ1) is 24.2. The smallest absolute Gasteiger partial charge is 0.191 e. The zero-order valence-electron chi connectivity index (χ0n) is 16.6. The first-order valence-electron chi connectivity index (χ1n) is 9.13. The van der Waals surface area contributed by atoms with E-state index in [1.807, 2.05) is 26.0 Å². The minimum atomic E-state index is -0.309. The number of halogens is 2. The number of benzene rings is 2. The van der Waals surface area contributed by atoms with Crippen LogP contribution in [0, 0.1) is 5.82 Å². The van der Waals surface area contributed by atoms with Crippen molar-refractivity contribution in [2.24, 2.45) is 4.99 Å². The number of guanidine groups is 1. The van der Waals surface area contributed by atoms with Gasteiger partial charge < -0.3 is 20.1 Å². The zero-order chi connectivity index (χ0) is 19.5. The normalized spacial score (nSPS) is 12.1. The third kappa shape index (κ3) is 8.43. The maximum atomic E-state index is 13.2. The molecular weight excluding hydrogens is 472 g/mol. The predicted molar refractivity (Wildman–Crippen MR) is 122 cm³/mol. The van der Waals surface area contributed by atoms with E-state index < -0.39 is 0 Å². The lowest BCUT2D eigenvalue weighted by atomic mass is 10.1. The Hall–Kier alpha value is -1.87. The maximum absolute atomic E-state index is 13.2. The van der Waals surface area contributed by atoms with Crippen LogP contribution in [0.5, 0.6) is 5.75 Å². The van der Waals surface area contributed by atoms with Gasteiger partial charge in [0.05, 0.1) is 13.2 Å². The van der Waals surface area contributed by atoms with Crippen LogP contribution in [0.1, 0.15) is 25.0 Å². The van der Waals surface area contributed by atoms with Gasteiger partial charge in [0.2, 0.25) is 0 Å². The Balaban J connectivity index is 0.00000392. The van der Waals surface area contributed by atoms with Gasteiger partial charge in [-0.25, -0.2) is 4.39 Å². The summed E-state index contributed by atoms with van der Waals surface area (Å²) in [6, 6.07) is 14.3. The van der Waals surface area contributed by atoms with Crippen molar-refractivity contribution in [1.82, 2.24) is 10.6 Å². The second-order valence-electron chi connectivity index (χ2n) is 6.10. The van der Waals surface area contributed by atoms with Gasteiger partial charge in [-0.3, -0.25) is 4.99 Å². The van der Waals surface area contributed by atoms with Gasteiger partial charge in [-0.1, -0.05) is 30.3 Å². The molecule has 7 heteroatoms. The van der Waals surface area contributed by atoms with Crippen LogP contribution in [0.15, 0.2) is 53.5 Å². The number of hydrogen-bond acceptors (Lipinski definition) is 3. The standard InChI is InChI=1S/C21H28FN3O2.HI/c1-4-26-15-18-9-6-5-8-17(18)14-25-21(23-3)24-13-16(2)27-20-11-7-10-19(22)12-20;/h5-12,16H,4,13-15H2,1-3H3,(H2,23,24,25);1H. The summed E-state index contributed by atoms with van der Waals surface area (Å²) < 4.78 is 24.5. The molecule has 2 aromatic carbocycles. The van der Waals surface area contributed by atoms with E-state index in [2.05, 4.69) is 27.8 Å². The van der Waals surface area contributed by atoms with Crippen LogP contribution in [-0.4, -0.2) is 32.3 Å². The van der Waals surface area contributed by atoms with E-state index in [1.165, 1.54) is 12.1 Å². The molecule has 28 heavy (non-hydrogen) atoms. The largest absolute Gasteiger partial charge is 0.489 e. The van der Waals surface area contributed by atoms with Crippen LogP contribution in [0.25, 0.3) is 0 Å². The van der Waals surface area contributed by atoms with Crippen molar-refractivity contribution in [1.29, 1.82) is 0 Å². The van der Waals surface area contributed by atoms with Crippen LogP contribution in [0.2, 0.25) is 0 Å². The van der Waals surface area contributed by atoms with Gasteiger partial charge >= 0.3 is 0 Å². The Morgan fingerprint density at radius 2 is 1.86 bits per heavy atom. The third-order valence-electron chi connectivity index (χ3n) is 3.94. The molecule has 0 aliphatic rings. The van der Waals surface area contributed by atoms with Crippen molar-refractivity contribution < 1.29 is 13.9 Å². The van der Waals surface area contributed by atoms with Gasteiger partial charge in [0.1, 0.15) is 17.7 Å². The van der Waals surface area contributed by atoms with Crippen molar-refractivity contribution >= 4 is 29.9 Å². The summed E-state index contributed by atoms with van der Waals surface area (Å²) in [5.41, 5.74) is 2.32. The van der Waals surface area contributed by atoms with Crippen molar-refractivity contribution in [2.45, 2.75) is 33.1 Å². The molecule has 0 aliphatic heterocycles. The topological polar surface area (TPSA) is 54.9 Å². The van der Waals surface area contributed by atoms with E-state index in [1.54, 1.807) is 19.2 Å². The van der Waals surface area contributed by atoms with E-state index in [-0.39, 0.29) is 35.9 Å². The van der Waals surface area contributed by atoms with E-state index in [0.717, 1.165) is 11.1 Å². The quantitative estimate of drug-likeness (QED) is 0.309. The molecule has 0 spiro atoms. The Labute approximate surface area is 183 Å².